The lowest BCUT2D eigenvalue weighted by atomic mass is 9.99. The molecular formula is C18H14N4O2S. The van der Waals surface area contributed by atoms with Crippen molar-refractivity contribution >= 4 is 28.4 Å². The molecule has 1 aliphatic heterocycles. The molecule has 7 heteroatoms. The SMILES string of the molecule is O=C(c1ccsn1)N1CCc2[nH]cnc2[C@H]1c1cc2ccccc2o1. The summed E-state index contributed by atoms with van der Waals surface area (Å²) in [4.78, 5) is 22.4. The molecule has 0 radical (unpaired) electrons. The number of aromatic nitrogens is 3. The third kappa shape index (κ3) is 2.27. The highest BCUT2D eigenvalue weighted by atomic mass is 32.1. The zero-order valence-corrected chi connectivity index (χ0v) is 14.0. The number of para-hydroxylation sites is 1. The van der Waals surface area contributed by atoms with E-state index in [-0.39, 0.29) is 11.9 Å². The van der Waals surface area contributed by atoms with Gasteiger partial charge in [-0.15, -0.1) is 0 Å². The van der Waals surface area contributed by atoms with E-state index in [1.54, 1.807) is 17.3 Å². The predicted octanol–water partition coefficient (Wildman–Crippen LogP) is 3.40. The van der Waals surface area contributed by atoms with Crippen LogP contribution in [0.5, 0.6) is 0 Å². The van der Waals surface area contributed by atoms with E-state index in [0.29, 0.717) is 12.2 Å². The van der Waals surface area contributed by atoms with Gasteiger partial charge in [0.25, 0.3) is 5.91 Å². The average Bonchev–Trinajstić information content (AvgIpc) is 3.39. The van der Waals surface area contributed by atoms with Crippen LogP contribution in [0.4, 0.5) is 0 Å². The van der Waals surface area contributed by atoms with Gasteiger partial charge in [-0.05, 0) is 29.7 Å². The van der Waals surface area contributed by atoms with E-state index < -0.39 is 0 Å². The summed E-state index contributed by atoms with van der Waals surface area (Å²) in [7, 11) is 0. The van der Waals surface area contributed by atoms with Crippen LogP contribution in [-0.2, 0) is 6.42 Å². The molecule has 0 bridgehead atoms. The van der Waals surface area contributed by atoms with Crippen LogP contribution in [0.3, 0.4) is 0 Å². The number of furan rings is 1. The Kier molecular flexibility index (Phi) is 3.21. The minimum atomic E-state index is -0.350. The van der Waals surface area contributed by atoms with Crippen molar-refractivity contribution in [2.75, 3.05) is 6.54 Å². The highest BCUT2D eigenvalue weighted by Crippen LogP contribution is 2.36. The van der Waals surface area contributed by atoms with E-state index in [1.807, 2.05) is 35.7 Å². The third-order valence-electron chi connectivity index (χ3n) is 4.56. The van der Waals surface area contributed by atoms with Gasteiger partial charge in [0.1, 0.15) is 23.1 Å². The Bertz CT molecular complexity index is 1020. The Balaban J connectivity index is 1.64. The second kappa shape index (κ2) is 5.56. The number of amides is 1. The van der Waals surface area contributed by atoms with Crippen LogP contribution in [0.25, 0.3) is 11.0 Å². The number of H-pyrrole nitrogens is 1. The standard InChI is InChI=1S/C18H14N4O2S/c23-18(13-6-8-25-21-13)22-7-5-12-16(20-10-19-12)17(22)15-9-11-3-1-2-4-14(11)24-15/h1-4,6,8-10,17H,5,7H2,(H,19,20)/t17-/m1/s1. The molecule has 0 spiro atoms. The molecule has 0 saturated heterocycles. The van der Waals surface area contributed by atoms with Gasteiger partial charge in [0.05, 0.1) is 12.0 Å². The molecular weight excluding hydrogens is 336 g/mol. The van der Waals surface area contributed by atoms with E-state index in [2.05, 4.69) is 14.3 Å². The number of hydrogen-bond acceptors (Lipinski definition) is 5. The summed E-state index contributed by atoms with van der Waals surface area (Å²) in [6.45, 7) is 0.591. The minimum absolute atomic E-state index is 0.0969. The quantitative estimate of drug-likeness (QED) is 0.601. The number of carbonyl (C=O) groups is 1. The third-order valence-corrected chi connectivity index (χ3v) is 5.12. The molecule has 0 saturated carbocycles. The summed E-state index contributed by atoms with van der Waals surface area (Å²) >= 11 is 1.28. The highest BCUT2D eigenvalue weighted by molar-refractivity contribution is 7.03. The van der Waals surface area contributed by atoms with Crippen LogP contribution in [0.1, 0.15) is 33.7 Å². The molecule has 6 nitrogen and oxygen atoms in total. The summed E-state index contributed by atoms with van der Waals surface area (Å²) in [5, 5.41) is 2.83. The molecule has 4 heterocycles. The Morgan fingerprint density at radius 2 is 2.24 bits per heavy atom. The van der Waals surface area contributed by atoms with Gasteiger partial charge < -0.3 is 14.3 Å². The molecule has 0 aliphatic carbocycles. The topological polar surface area (TPSA) is 75.0 Å². The van der Waals surface area contributed by atoms with Crippen LogP contribution in [0.15, 0.2) is 52.5 Å². The number of carbonyl (C=O) groups excluding carboxylic acids is 1. The molecule has 0 unspecified atom stereocenters. The Morgan fingerprint density at radius 1 is 1.32 bits per heavy atom. The van der Waals surface area contributed by atoms with Gasteiger partial charge in [0.15, 0.2) is 0 Å². The first-order chi connectivity index (χ1) is 12.3. The first-order valence-corrected chi connectivity index (χ1v) is 8.87. The van der Waals surface area contributed by atoms with Crippen molar-refractivity contribution in [1.29, 1.82) is 0 Å². The number of aromatic amines is 1. The van der Waals surface area contributed by atoms with E-state index in [4.69, 9.17) is 4.42 Å². The second-order valence-corrected chi connectivity index (χ2v) is 6.65. The molecule has 3 aromatic heterocycles. The predicted molar refractivity (Wildman–Crippen MR) is 93.5 cm³/mol. The molecule has 0 fully saturated rings. The zero-order valence-electron chi connectivity index (χ0n) is 13.2. The number of fused-ring (bicyclic) bond motifs is 2. The fourth-order valence-corrected chi connectivity index (χ4v) is 3.89. The van der Waals surface area contributed by atoms with Crippen molar-refractivity contribution in [3.05, 3.63) is 70.9 Å². The maximum atomic E-state index is 13.0. The van der Waals surface area contributed by atoms with Crippen LogP contribution in [0, 0.1) is 0 Å². The second-order valence-electron chi connectivity index (χ2n) is 5.99. The molecule has 1 aromatic carbocycles. The summed E-state index contributed by atoms with van der Waals surface area (Å²) < 4.78 is 10.3. The molecule has 124 valence electrons. The van der Waals surface area contributed by atoms with Gasteiger partial charge in [-0.2, -0.15) is 4.37 Å². The van der Waals surface area contributed by atoms with Gasteiger partial charge in [-0.25, -0.2) is 4.98 Å². The summed E-state index contributed by atoms with van der Waals surface area (Å²) in [5.41, 5.74) is 3.16. The molecule has 1 amide bonds. The van der Waals surface area contributed by atoms with Crippen molar-refractivity contribution in [2.45, 2.75) is 12.5 Å². The molecule has 25 heavy (non-hydrogen) atoms. The van der Waals surface area contributed by atoms with Gasteiger partial charge in [-0.3, -0.25) is 4.79 Å². The Morgan fingerprint density at radius 3 is 3.08 bits per heavy atom. The lowest BCUT2D eigenvalue weighted by Crippen LogP contribution is -2.40. The lowest BCUT2D eigenvalue weighted by molar-refractivity contribution is 0.0668. The molecule has 5 rings (SSSR count). The number of nitrogens with zero attached hydrogens (tertiary/aromatic N) is 3. The monoisotopic (exact) mass is 350 g/mol. The summed E-state index contributed by atoms with van der Waals surface area (Å²) in [6.07, 6.45) is 2.42. The maximum absolute atomic E-state index is 13.0. The van der Waals surface area contributed by atoms with Gasteiger partial charge in [0.2, 0.25) is 0 Å². The van der Waals surface area contributed by atoms with E-state index in [1.165, 1.54) is 11.5 Å². The van der Waals surface area contributed by atoms with E-state index in [0.717, 1.165) is 34.5 Å². The number of hydrogen-bond donors (Lipinski definition) is 1. The van der Waals surface area contributed by atoms with Crippen LogP contribution < -0.4 is 0 Å². The molecule has 4 aromatic rings. The molecule has 1 N–H and O–H groups in total. The van der Waals surface area contributed by atoms with E-state index in [9.17, 15) is 4.79 Å². The largest absolute Gasteiger partial charge is 0.458 e. The molecule has 1 aliphatic rings. The van der Waals surface area contributed by atoms with Crippen molar-refractivity contribution in [2.24, 2.45) is 0 Å². The number of nitrogens with one attached hydrogen (secondary N) is 1. The van der Waals surface area contributed by atoms with Crippen molar-refractivity contribution in [3.8, 4) is 0 Å². The fourth-order valence-electron chi connectivity index (χ4n) is 3.39. The highest BCUT2D eigenvalue weighted by Gasteiger charge is 2.37. The molecule has 1 atom stereocenters. The van der Waals surface area contributed by atoms with E-state index >= 15 is 0 Å². The number of benzene rings is 1. The normalized spacial score (nSPS) is 17.0. The lowest BCUT2D eigenvalue weighted by Gasteiger charge is -2.33. The van der Waals surface area contributed by atoms with Gasteiger partial charge >= 0.3 is 0 Å². The number of rotatable bonds is 2. The van der Waals surface area contributed by atoms with Crippen LogP contribution >= 0.6 is 11.5 Å². The zero-order chi connectivity index (χ0) is 16.8. The van der Waals surface area contributed by atoms with Gasteiger partial charge in [0, 0.05) is 29.4 Å². The first kappa shape index (κ1) is 14.4. The summed E-state index contributed by atoms with van der Waals surface area (Å²) in [5.74, 6) is 0.623. The van der Waals surface area contributed by atoms with Crippen molar-refractivity contribution < 1.29 is 9.21 Å². The number of imidazole rings is 1. The smallest absolute Gasteiger partial charge is 0.274 e. The van der Waals surface area contributed by atoms with Crippen molar-refractivity contribution in [3.63, 3.8) is 0 Å². The Labute approximate surface area is 147 Å². The maximum Gasteiger partial charge on any atom is 0.274 e. The summed E-state index contributed by atoms with van der Waals surface area (Å²) in [6, 6.07) is 11.2. The first-order valence-electron chi connectivity index (χ1n) is 8.03. The average molecular weight is 350 g/mol. The van der Waals surface area contributed by atoms with Gasteiger partial charge in [-0.1, -0.05) is 18.2 Å². The fraction of sp³-hybridized carbons (Fsp3) is 0.167. The minimum Gasteiger partial charge on any atom is -0.458 e. The van der Waals surface area contributed by atoms with Crippen molar-refractivity contribution in [1.82, 2.24) is 19.2 Å². The van der Waals surface area contributed by atoms with Crippen LogP contribution in [0.2, 0.25) is 0 Å². The Hall–Kier alpha value is -2.93. The van der Waals surface area contributed by atoms with Crippen LogP contribution in [-0.4, -0.2) is 31.7 Å².